The lowest BCUT2D eigenvalue weighted by Gasteiger charge is -2.40. The summed E-state index contributed by atoms with van der Waals surface area (Å²) in [4.78, 5) is 13.8. The van der Waals surface area contributed by atoms with E-state index in [1.165, 1.54) is 19.1 Å². The fourth-order valence-electron chi connectivity index (χ4n) is 3.12. The third kappa shape index (κ3) is 3.32. The van der Waals surface area contributed by atoms with Crippen molar-refractivity contribution in [2.24, 2.45) is 0 Å². The van der Waals surface area contributed by atoms with E-state index in [2.05, 4.69) is 10.3 Å². The van der Waals surface area contributed by atoms with Gasteiger partial charge in [0, 0.05) is 6.07 Å². The average Bonchev–Trinajstić information content (AvgIpc) is 2.51. The zero-order valence-electron chi connectivity index (χ0n) is 13.4. The van der Waals surface area contributed by atoms with Gasteiger partial charge in [-0.1, -0.05) is 6.92 Å². The van der Waals surface area contributed by atoms with Crippen LogP contribution in [-0.2, 0) is 6.18 Å². The highest BCUT2D eigenvalue weighted by molar-refractivity contribution is 5.94. The molecule has 10 heteroatoms. The summed E-state index contributed by atoms with van der Waals surface area (Å²) in [6, 6.07) is 2.91. The molecule has 4 nitrogen and oxygen atoms in total. The van der Waals surface area contributed by atoms with Crippen molar-refractivity contribution in [1.82, 2.24) is 4.98 Å². The molecular weight excluding hydrogens is 366 g/mol. The highest BCUT2D eigenvalue weighted by Gasteiger charge is 2.45. The Kier molecular flexibility index (Phi) is 4.12. The van der Waals surface area contributed by atoms with E-state index in [0.717, 1.165) is 0 Å². The summed E-state index contributed by atoms with van der Waals surface area (Å²) in [5.41, 5.74) is -3.69. The molecule has 1 aliphatic rings. The summed E-state index contributed by atoms with van der Waals surface area (Å²) in [5.74, 6) is -0.225. The number of anilines is 1. The number of hydrogen-bond acceptors (Lipinski definition) is 3. The third-order valence-corrected chi connectivity index (χ3v) is 4.37. The van der Waals surface area contributed by atoms with E-state index < -0.39 is 42.0 Å². The Hall–Kier alpha value is -2.39. The van der Waals surface area contributed by atoms with Crippen molar-refractivity contribution in [2.75, 3.05) is 11.9 Å². The molecule has 0 bridgehead atoms. The molecule has 0 aliphatic carbocycles. The number of pyridine rings is 1. The Bertz CT molecular complexity index is 902. The summed E-state index contributed by atoms with van der Waals surface area (Å²) in [6.07, 6.45) is -10.4. The molecular formula is C16H14F6N2O2. The minimum Gasteiger partial charge on any atom is -0.488 e. The molecule has 142 valence electrons. The highest BCUT2D eigenvalue weighted by Crippen LogP contribution is 2.46. The van der Waals surface area contributed by atoms with E-state index in [0.29, 0.717) is 6.07 Å². The SMILES string of the molecule is CCC1(CC(F)(F)F)COc2c(ccc3[nH]c(=O)cc(C(F)(F)F)c23)N1. The quantitative estimate of drug-likeness (QED) is 0.757. The van der Waals surface area contributed by atoms with Crippen molar-refractivity contribution in [3.63, 3.8) is 0 Å². The first-order chi connectivity index (χ1) is 11.9. The van der Waals surface area contributed by atoms with Crippen LogP contribution in [0.2, 0.25) is 0 Å². The van der Waals surface area contributed by atoms with Gasteiger partial charge in [0.05, 0.1) is 34.1 Å². The first kappa shape index (κ1) is 18.4. The zero-order valence-corrected chi connectivity index (χ0v) is 13.4. The van der Waals surface area contributed by atoms with E-state index in [-0.39, 0.29) is 28.8 Å². The van der Waals surface area contributed by atoms with Crippen LogP contribution in [0.4, 0.5) is 32.0 Å². The number of nitrogens with one attached hydrogen (secondary N) is 2. The minimum atomic E-state index is -4.82. The molecule has 1 aromatic heterocycles. The van der Waals surface area contributed by atoms with Gasteiger partial charge in [0.15, 0.2) is 5.75 Å². The van der Waals surface area contributed by atoms with Crippen molar-refractivity contribution in [3.05, 3.63) is 34.1 Å². The molecule has 0 saturated heterocycles. The number of aromatic nitrogens is 1. The van der Waals surface area contributed by atoms with E-state index >= 15 is 0 Å². The molecule has 0 fully saturated rings. The second-order valence-corrected chi connectivity index (χ2v) is 6.25. The summed E-state index contributed by atoms with van der Waals surface area (Å²) >= 11 is 0. The molecule has 2 aromatic rings. The zero-order chi connectivity index (χ0) is 19.3. The van der Waals surface area contributed by atoms with Crippen molar-refractivity contribution in [1.29, 1.82) is 0 Å². The number of ether oxygens (including phenoxy) is 1. The lowest BCUT2D eigenvalue weighted by Crippen LogP contribution is -2.49. The Morgan fingerprint density at radius 3 is 2.46 bits per heavy atom. The molecule has 0 saturated carbocycles. The van der Waals surface area contributed by atoms with Crippen LogP contribution in [0.3, 0.4) is 0 Å². The first-order valence-corrected chi connectivity index (χ1v) is 7.69. The maximum Gasteiger partial charge on any atom is 0.417 e. The van der Waals surface area contributed by atoms with Crippen LogP contribution in [0, 0.1) is 0 Å². The lowest BCUT2D eigenvalue weighted by molar-refractivity contribution is -0.148. The van der Waals surface area contributed by atoms with Crippen LogP contribution in [0.15, 0.2) is 23.0 Å². The number of aromatic amines is 1. The van der Waals surface area contributed by atoms with Crippen LogP contribution in [0.25, 0.3) is 10.9 Å². The van der Waals surface area contributed by atoms with Crippen LogP contribution in [-0.4, -0.2) is 23.3 Å². The van der Waals surface area contributed by atoms with Crippen molar-refractivity contribution in [3.8, 4) is 5.75 Å². The molecule has 0 spiro atoms. The fourth-order valence-corrected chi connectivity index (χ4v) is 3.12. The maximum atomic E-state index is 13.3. The summed E-state index contributed by atoms with van der Waals surface area (Å²) in [5, 5.41) is 2.31. The first-order valence-electron chi connectivity index (χ1n) is 7.69. The van der Waals surface area contributed by atoms with Gasteiger partial charge in [-0.3, -0.25) is 4.79 Å². The molecule has 1 atom stereocenters. The largest absolute Gasteiger partial charge is 0.488 e. The van der Waals surface area contributed by atoms with Gasteiger partial charge in [-0.2, -0.15) is 26.3 Å². The second kappa shape index (κ2) is 5.82. The van der Waals surface area contributed by atoms with Crippen LogP contribution < -0.4 is 15.6 Å². The standard InChI is InChI=1S/C16H14F6N2O2/c1-2-14(6-15(17,18)19)7-26-13-10(24-14)4-3-9-12(13)8(16(20,21)22)5-11(25)23-9/h3-5,24H,2,6-7H2,1H3,(H,23,25). The number of H-pyrrole nitrogens is 1. The van der Waals surface area contributed by atoms with Gasteiger partial charge in [-0.25, -0.2) is 0 Å². The fraction of sp³-hybridized carbons (Fsp3) is 0.438. The Labute approximate surface area is 143 Å². The molecule has 1 aliphatic heterocycles. The molecule has 0 amide bonds. The number of fused-ring (bicyclic) bond motifs is 3. The average molecular weight is 380 g/mol. The topological polar surface area (TPSA) is 54.1 Å². The van der Waals surface area contributed by atoms with Gasteiger partial charge in [0.1, 0.15) is 6.61 Å². The van der Waals surface area contributed by atoms with Crippen molar-refractivity contribution < 1.29 is 31.1 Å². The van der Waals surface area contributed by atoms with Gasteiger partial charge < -0.3 is 15.0 Å². The Balaban J connectivity index is 2.17. The van der Waals surface area contributed by atoms with Gasteiger partial charge in [0.25, 0.3) is 0 Å². The van der Waals surface area contributed by atoms with E-state index in [4.69, 9.17) is 4.74 Å². The second-order valence-electron chi connectivity index (χ2n) is 6.25. The monoisotopic (exact) mass is 380 g/mol. The molecule has 0 radical (unpaired) electrons. The molecule has 2 heterocycles. The summed E-state index contributed by atoms with van der Waals surface area (Å²) in [6.45, 7) is 1.08. The lowest BCUT2D eigenvalue weighted by atomic mass is 9.90. The summed E-state index contributed by atoms with van der Waals surface area (Å²) < 4.78 is 84.0. The summed E-state index contributed by atoms with van der Waals surface area (Å²) in [7, 11) is 0. The number of alkyl halides is 6. The highest BCUT2D eigenvalue weighted by atomic mass is 19.4. The third-order valence-electron chi connectivity index (χ3n) is 4.37. The molecule has 1 unspecified atom stereocenters. The Morgan fingerprint density at radius 1 is 1.19 bits per heavy atom. The van der Waals surface area contributed by atoms with Gasteiger partial charge in [-0.05, 0) is 18.6 Å². The molecule has 3 rings (SSSR count). The number of rotatable bonds is 2. The molecule has 26 heavy (non-hydrogen) atoms. The van der Waals surface area contributed by atoms with E-state index in [9.17, 15) is 31.1 Å². The predicted octanol–water partition coefficient (Wildman–Crippen LogP) is 4.45. The van der Waals surface area contributed by atoms with Crippen LogP contribution in [0.1, 0.15) is 25.3 Å². The number of benzene rings is 1. The van der Waals surface area contributed by atoms with Crippen molar-refractivity contribution in [2.45, 2.75) is 37.7 Å². The normalized spacial score (nSPS) is 20.4. The molecule has 2 N–H and O–H groups in total. The van der Waals surface area contributed by atoms with Crippen LogP contribution in [0.5, 0.6) is 5.75 Å². The van der Waals surface area contributed by atoms with E-state index in [1.807, 2.05) is 0 Å². The smallest absolute Gasteiger partial charge is 0.417 e. The molecule has 1 aromatic carbocycles. The van der Waals surface area contributed by atoms with Gasteiger partial charge >= 0.3 is 12.4 Å². The number of hydrogen-bond donors (Lipinski definition) is 2. The van der Waals surface area contributed by atoms with Crippen LogP contribution >= 0.6 is 0 Å². The predicted molar refractivity (Wildman–Crippen MR) is 82.4 cm³/mol. The van der Waals surface area contributed by atoms with Gasteiger partial charge in [-0.15, -0.1) is 0 Å². The van der Waals surface area contributed by atoms with Gasteiger partial charge in [0.2, 0.25) is 5.56 Å². The minimum absolute atomic E-state index is 0.0207. The Morgan fingerprint density at radius 2 is 1.88 bits per heavy atom. The van der Waals surface area contributed by atoms with Crippen molar-refractivity contribution >= 4 is 16.6 Å². The number of halogens is 6. The van der Waals surface area contributed by atoms with E-state index in [1.54, 1.807) is 0 Å². The maximum absolute atomic E-state index is 13.3.